The maximum atomic E-state index is 5.88. The Labute approximate surface area is 122 Å². The molecule has 3 aromatic rings. The lowest BCUT2D eigenvalue weighted by molar-refractivity contribution is 0.732. The lowest BCUT2D eigenvalue weighted by Crippen LogP contribution is -2.07. The molecule has 0 aliphatic heterocycles. The summed E-state index contributed by atoms with van der Waals surface area (Å²) < 4.78 is 2.16. The van der Waals surface area contributed by atoms with E-state index in [2.05, 4.69) is 25.6 Å². The van der Waals surface area contributed by atoms with Gasteiger partial charge < -0.3 is 4.57 Å². The summed E-state index contributed by atoms with van der Waals surface area (Å²) in [6.45, 7) is 2.60. The van der Waals surface area contributed by atoms with Gasteiger partial charge in [0.1, 0.15) is 5.82 Å². The lowest BCUT2D eigenvalue weighted by Gasteiger charge is -2.08. The molecule has 2 aromatic heterocycles. The van der Waals surface area contributed by atoms with E-state index in [0.29, 0.717) is 12.4 Å². The minimum atomic E-state index is 0.558. The molecule has 0 unspecified atom stereocenters. The Morgan fingerprint density at radius 3 is 2.75 bits per heavy atom. The maximum absolute atomic E-state index is 5.88. The van der Waals surface area contributed by atoms with Crippen LogP contribution in [0.15, 0.2) is 36.7 Å². The molecule has 20 heavy (non-hydrogen) atoms. The summed E-state index contributed by atoms with van der Waals surface area (Å²) in [5.41, 5.74) is 3.95. The van der Waals surface area contributed by atoms with Gasteiger partial charge in [-0.2, -0.15) is 0 Å². The van der Waals surface area contributed by atoms with Crippen molar-refractivity contribution in [3.05, 3.63) is 53.9 Å². The van der Waals surface area contributed by atoms with Crippen molar-refractivity contribution in [3.63, 3.8) is 0 Å². The van der Waals surface area contributed by atoms with Crippen LogP contribution in [0.25, 0.3) is 11.0 Å². The molecule has 4 nitrogen and oxygen atoms in total. The molecular formula is C15H15ClN4. The molecular weight excluding hydrogens is 272 g/mol. The average Bonchev–Trinajstić information content (AvgIpc) is 2.80. The van der Waals surface area contributed by atoms with E-state index in [4.69, 9.17) is 11.6 Å². The number of benzene rings is 1. The molecule has 3 rings (SSSR count). The number of aromatic nitrogens is 4. The number of rotatable bonds is 4. The second-order valence-corrected chi connectivity index (χ2v) is 5.07. The molecule has 0 saturated carbocycles. The SMILES string of the molecule is Cc1cnc(Cn2c(CCCl)nc3ccccc32)cn1. The number of hydrogen-bond acceptors (Lipinski definition) is 3. The summed E-state index contributed by atoms with van der Waals surface area (Å²) in [6, 6.07) is 8.10. The van der Waals surface area contributed by atoms with Gasteiger partial charge in [-0.05, 0) is 19.1 Å². The van der Waals surface area contributed by atoms with Crippen molar-refractivity contribution >= 4 is 22.6 Å². The van der Waals surface area contributed by atoms with Gasteiger partial charge in [0.15, 0.2) is 0 Å². The normalized spacial score (nSPS) is 11.1. The van der Waals surface area contributed by atoms with E-state index in [1.54, 1.807) is 6.20 Å². The average molecular weight is 287 g/mol. The van der Waals surface area contributed by atoms with Gasteiger partial charge in [-0.3, -0.25) is 9.97 Å². The van der Waals surface area contributed by atoms with Crippen molar-refractivity contribution in [3.8, 4) is 0 Å². The first-order valence-electron chi connectivity index (χ1n) is 6.55. The van der Waals surface area contributed by atoms with Crippen LogP contribution in [0.5, 0.6) is 0 Å². The van der Waals surface area contributed by atoms with Crippen LogP contribution in [0.2, 0.25) is 0 Å². The van der Waals surface area contributed by atoms with E-state index in [9.17, 15) is 0 Å². The van der Waals surface area contributed by atoms with Crippen LogP contribution in [-0.4, -0.2) is 25.4 Å². The summed E-state index contributed by atoms with van der Waals surface area (Å²) in [4.78, 5) is 13.4. The first-order chi connectivity index (χ1) is 9.78. The highest BCUT2D eigenvalue weighted by Gasteiger charge is 2.10. The Bertz CT molecular complexity index is 718. The van der Waals surface area contributed by atoms with Crippen LogP contribution in [0.1, 0.15) is 17.2 Å². The van der Waals surface area contributed by atoms with Crippen molar-refractivity contribution in [1.29, 1.82) is 0 Å². The standard InChI is InChI=1S/C15H15ClN4/c1-11-8-18-12(9-17-11)10-20-14-5-3-2-4-13(14)19-15(20)6-7-16/h2-5,8-9H,6-7,10H2,1H3. The Hall–Kier alpha value is -1.94. The number of fused-ring (bicyclic) bond motifs is 1. The topological polar surface area (TPSA) is 43.6 Å². The number of halogens is 1. The van der Waals surface area contributed by atoms with Crippen LogP contribution >= 0.6 is 11.6 Å². The molecule has 0 aliphatic rings. The molecule has 0 atom stereocenters. The molecule has 0 radical (unpaired) electrons. The second kappa shape index (κ2) is 5.59. The van der Waals surface area contributed by atoms with E-state index >= 15 is 0 Å². The van der Waals surface area contributed by atoms with Gasteiger partial charge in [0.05, 0.1) is 35.2 Å². The van der Waals surface area contributed by atoms with E-state index < -0.39 is 0 Å². The summed E-state index contributed by atoms with van der Waals surface area (Å²) >= 11 is 5.88. The number of hydrogen-bond donors (Lipinski definition) is 0. The number of imidazole rings is 1. The molecule has 1 aromatic carbocycles. The second-order valence-electron chi connectivity index (χ2n) is 4.69. The van der Waals surface area contributed by atoms with Crippen molar-refractivity contribution in [1.82, 2.24) is 19.5 Å². The number of alkyl halides is 1. The quantitative estimate of drug-likeness (QED) is 0.693. The molecule has 0 fully saturated rings. The number of nitrogens with zero attached hydrogens (tertiary/aromatic N) is 4. The van der Waals surface area contributed by atoms with Gasteiger partial charge in [-0.15, -0.1) is 11.6 Å². The summed E-state index contributed by atoms with van der Waals surface area (Å²) in [5, 5.41) is 0. The molecule has 0 bridgehead atoms. The highest BCUT2D eigenvalue weighted by molar-refractivity contribution is 6.17. The summed E-state index contributed by atoms with van der Waals surface area (Å²) in [5.74, 6) is 1.55. The fraction of sp³-hybridized carbons (Fsp3) is 0.267. The van der Waals surface area contributed by atoms with Gasteiger partial charge in [-0.25, -0.2) is 4.98 Å². The predicted molar refractivity (Wildman–Crippen MR) is 80.0 cm³/mol. The Kier molecular flexibility index (Phi) is 3.65. The third kappa shape index (κ3) is 2.51. The van der Waals surface area contributed by atoms with Crippen LogP contribution in [0, 0.1) is 6.92 Å². The van der Waals surface area contributed by atoms with Gasteiger partial charge in [0, 0.05) is 18.5 Å². The molecule has 0 spiro atoms. The Morgan fingerprint density at radius 1 is 1.15 bits per heavy atom. The highest BCUT2D eigenvalue weighted by Crippen LogP contribution is 2.18. The summed E-state index contributed by atoms with van der Waals surface area (Å²) in [6.07, 6.45) is 4.35. The minimum Gasteiger partial charge on any atom is -0.322 e. The molecule has 0 N–H and O–H groups in total. The molecule has 2 heterocycles. The Morgan fingerprint density at radius 2 is 2.00 bits per heavy atom. The summed E-state index contributed by atoms with van der Waals surface area (Å²) in [7, 11) is 0. The van der Waals surface area contributed by atoms with E-state index in [1.165, 1.54) is 0 Å². The van der Waals surface area contributed by atoms with Crippen LogP contribution in [0.3, 0.4) is 0 Å². The molecule has 0 aliphatic carbocycles. The molecule has 0 saturated heterocycles. The van der Waals surface area contributed by atoms with Crippen LogP contribution < -0.4 is 0 Å². The minimum absolute atomic E-state index is 0.558. The predicted octanol–water partition coefficient (Wildman–Crippen LogP) is 2.96. The number of aryl methyl sites for hydroxylation is 2. The lowest BCUT2D eigenvalue weighted by atomic mass is 10.3. The third-order valence-electron chi connectivity index (χ3n) is 3.21. The molecule has 0 amide bonds. The first-order valence-corrected chi connectivity index (χ1v) is 7.09. The van der Waals surface area contributed by atoms with Gasteiger partial charge in [0.25, 0.3) is 0 Å². The Balaban J connectivity index is 2.04. The molecule has 102 valence electrons. The van der Waals surface area contributed by atoms with Gasteiger partial charge in [-0.1, -0.05) is 12.1 Å². The van der Waals surface area contributed by atoms with Crippen molar-refractivity contribution in [2.75, 3.05) is 5.88 Å². The van der Waals surface area contributed by atoms with Crippen molar-refractivity contribution < 1.29 is 0 Å². The van der Waals surface area contributed by atoms with Gasteiger partial charge >= 0.3 is 0 Å². The molecule has 5 heteroatoms. The fourth-order valence-corrected chi connectivity index (χ4v) is 2.41. The first kappa shape index (κ1) is 13.1. The van der Waals surface area contributed by atoms with Crippen LogP contribution in [-0.2, 0) is 13.0 Å². The monoisotopic (exact) mass is 286 g/mol. The maximum Gasteiger partial charge on any atom is 0.111 e. The number of para-hydroxylation sites is 2. The highest BCUT2D eigenvalue weighted by atomic mass is 35.5. The van der Waals surface area contributed by atoms with E-state index in [0.717, 1.165) is 34.7 Å². The van der Waals surface area contributed by atoms with Crippen molar-refractivity contribution in [2.45, 2.75) is 19.9 Å². The zero-order valence-electron chi connectivity index (χ0n) is 11.3. The fourth-order valence-electron chi connectivity index (χ4n) is 2.24. The van der Waals surface area contributed by atoms with Gasteiger partial charge in [0.2, 0.25) is 0 Å². The largest absolute Gasteiger partial charge is 0.322 e. The smallest absolute Gasteiger partial charge is 0.111 e. The third-order valence-corrected chi connectivity index (χ3v) is 3.40. The zero-order chi connectivity index (χ0) is 13.9. The van der Waals surface area contributed by atoms with Crippen LogP contribution in [0.4, 0.5) is 0 Å². The van der Waals surface area contributed by atoms with E-state index in [-0.39, 0.29) is 0 Å². The van der Waals surface area contributed by atoms with E-state index in [1.807, 2.05) is 31.3 Å². The zero-order valence-corrected chi connectivity index (χ0v) is 12.0. The van der Waals surface area contributed by atoms with Crippen molar-refractivity contribution in [2.24, 2.45) is 0 Å².